The minimum absolute atomic E-state index is 0.680. The molecule has 4 heterocycles. The molecule has 2 aliphatic rings. The van der Waals surface area contributed by atoms with Crippen molar-refractivity contribution < 1.29 is 0 Å². The van der Waals surface area contributed by atoms with E-state index in [2.05, 4.69) is 36.6 Å². The van der Waals surface area contributed by atoms with Gasteiger partial charge in [0, 0.05) is 63.6 Å². The van der Waals surface area contributed by atoms with Crippen LogP contribution in [0.15, 0.2) is 36.7 Å². The van der Waals surface area contributed by atoms with E-state index in [1.165, 1.54) is 0 Å². The Kier molecular flexibility index (Phi) is 5.26. The zero-order valence-corrected chi connectivity index (χ0v) is 17.8. The van der Waals surface area contributed by atoms with E-state index in [0.29, 0.717) is 5.02 Å². The van der Waals surface area contributed by atoms with Gasteiger partial charge in [0.25, 0.3) is 0 Å². The Bertz CT molecular complexity index is 1030. The molecule has 8 nitrogen and oxygen atoms in total. The molecule has 2 saturated heterocycles. The predicted octanol–water partition coefficient (Wildman–Crippen LogP) is 2.15. The summed E-state index contributed by atoms with van der Waals surface area (Å²) in [6, 6.07) is 7.63. The molecule has 156 valence electrons. The molecule has 1 aromatic carbocycles. The molecule has 2 aromatic heterocycles. The summed E-state index contributed by atoms with van der Waals surface area (Å²) in [6.07, 6.45) is 3.72. The Morgan fingerprint density at radius 2 is 1.43 bits per heavy atom. The van der Waals surface area contributed by atoms with Crippen molar-refractivity contribution in [2.75, 3.05) is 74.1 Å². The largest absolute Gasteiger partial charge is 0.353 e. The number of anilines is 3. The SMILES string of the molecule is CN1CCN(c2nccc(N3CCN(c4cnc5cc(Cl)ccc5n4)CC3)n2)CC1. The standard InChI is InChI=1S/C21H25ClN8/c1-27-6-8-30(9-7-27)21-23-5-4-19(26-21)28-10-12-29(13-11-28)20-15-24-18-14-16(22)2-3-17(18)25-20/h2-5,14-15H,6-13H2,1H3. The van der Waals surface area contributed by atoms with Gasteiger partial charge in [-0.2, -0.15) is 4.98 Å². The molecule has 3 aromatic rings. The maximum atomic E-state index is 6.05. The topological polar surface area (TPSA) is 64.5 Å². The van der Waals surface area contributed by atoms with E-state index in [0.717, 1.165) is 81.0 Å². The van der Waals surface area contributed by atoms with Crippen molar-refractivity contribution in [1.82, 2.24) is 24.8 Å². The molecular weight excluding hydrogens is 400 g/mol. The van der Waals surface area contributed by atoms with Gasteiger partial charge in [-0.1, -0.05) is 11.6 Å². The first-order valence-electron chi connectivity index (χ1n) is 10.3. The monoisotopic (exact) mass is 424 g/mol. The summed E-state index contributed by atoms with van der Waals surface area (Å²) < 4.78 is 0. The molecule has 0 N–H and O–H groups in total. The first kappa shape index (κ1) is 19.3. The van der Waals surface area contributed by atoms with Crippen LogP contribution in [0.2, 0.25) is 5.02 Å². The Balaban J connectivity index is 1.26. The molecule has 0 spiro atoms. The number of piperazine rings is 2. The maximum absolute atomic E-state index is 6.05. The lowest BCUT2D eigenvalue weighted by Crippen LogP contribution is -2.47. The van der Waals surface area contributed by atoms with Crippen LogP contribution in [0.5, 0.6) is 0 Å². The highest BCUT2D eigenvalue weighted by Crippen LogP contribution is 2.22. The van der Waals surface area contributed by atoms with Gasteiger partial charge in [-0.15, -0.1) is 0 Å². The van der Waals surface area contributed by atoms with Crippen molar-refractivity contribution in [2.24, 2.45) is 0 Å². The number of likely N-dealkylation sites (N-methyl/N-ethyl adjacent to an activating group) is 1. The van der Waals surface area contributed by atoms with Crippen molar-refractivity contribution >= 4 is 40.2 Å². The zero-order chi connectivity index (χ0) is 20.5. The molecule has 0 radical (unpaired) electrons. The number of fused-ring (bicyclic) bond motifs is 1. The molecule has 0 amide bonds. The van der Waals surface area contributed by atoms with Crippen LogP contribution in [0.25, 0.3) is 11.0 Å². The smallest absolute Gasteiger partial charge is 0.227 e. The summed E-state index contributed by atoms with van der Waals surface area (Å²) in [5, 5.41) is 0.680. The fourth-order valence-corrected chi connectivity index (χ4v) is 4.13. The second kappa shape index (κ2) is 8.20. The third-order valence-electron chi connectivity index (χ3n) is 5.83. The van der Waals surface area contributed by atoms with Crippen LogP contribution < -0.4 is 14.7 Å². The van der Waals surface area contributed by atoms with Crippen molar-refractivity contribution in [3.05, 3.63) is 41.7 Å². The Labute approximate surface area is 181 Å². The van der Waals surface area contributed by atoms with Crippen LogP contribution in [0, 0.1) is 0 Å². The zero-order valence-electron chi connectivity index (χ0n) is 17.1. The fraction of sp³-hybridized carbons (Fsp3) is 0.429. The summed E-state index contributed by atoms with van der Waals surface area (Å²) in [4.78, 5) is 27.9. The maximum Gasteiger partial charge on any atom is 0.227 e. The first-order chi connectivity index (χ1) is 14.7. The average molecular weight is 425 g/mol. The van der Waals surface area contributed by atoms with Gasteiger partial charge < -0.3 is 19.6 Å². The molecule has 5 rings (SSSR count). The number of hydrogen-bond donors (Lipinski definition) is 0. The molecule has 0 atom stereocenters. The van der Waals surface area contributed by atoms with Gasteiger partial charge >= 0.3 is 0 Å². The van der Waals surface area contributed by atoms with Gasteiger partial charge in [-0.25, -0.2) is 9.97 Å². The number of rotatable bonds is 3. The predicted molar refractivity (Wildman–Crippen MR) is 121 cm³/mol. The van der Waals surface area contributed by atoms with Crippen LogP contribution in [0.4, 0.5) is 17.6 Å². The quantitative estimate of drug-likeness (QED) is 0.633. The highest BCUT2D eigenvalue weighted by molar-refractivity contribution is 6.31. The number of aromatic nitrogens is 4. The van der Waals surface area contributed by atoms with E-state index in [-0.39, 0.29) is 0 Å². The van der Waals surface area contributed by atoms with Gasteiger partial charge in [-0.05, 0) is 31.3 Å². The number of benzene rings is 1. The van der Waals surface area contributed by atoms with Crippen LogP contribution in [0.1, 0.15) is 0 Å². The van der Waals surface area contributed by atoms with Crippen molar-refractivity contribution in [3.63, 3.8) is 0 Å². The Morgan fingerprint density at radius 3 is 2.20 bits per heavy atom. The summed E-state index contributed by atoms with van der Waals surface area (Å²) in [6.45, 7) is 7.57. The highest BCUT2D eigenvalue weighted by atomic mass is 35.5. The second-order valence-electron chi connectivity index (χ2n) is 7.84. The molecule has 2 fully saturated rings. The van der Waals surface area contributed by atoms with E-state index < -0.39 is 0 Å². The van der Waals surface area contributed by atoms with E-state index in [1.54, 1.807) is 0 Å². The minimum Gasteiger partial charge on any atom is -0.353 e. The van der Waals surface area contributed by atoms with Gasteiger partial charge in [0.2, 0.25) is 5.95 Å². The van der Waals surface area contributed by atoms with Crippen LogP contribution in [0.3, 0.4) is 0 Å². The van der Waals surface area contributed by atoms with Crippen molar-refractivity contribution in [1.29, 1.82) is 0 Å². The molecule has 0 bridgehead atoms. The molecular formula is C21H25ClN8. The summed E-state index contributed by atoms with van der Waals surface area (Å²) in [5.41, 5.74) is 1.69. The summed E-state index contributed by atoms with van der Waals surface area (Å²) in [5.74, 6) is 2.74. The lowest BCUT2D eigenvalue weighted by atomic mass is 10.3. The van der Waals surface area contributed by atoms with Gasteiger partial charge in [0.1, 0.15) is 11.6 Å². The van der Waals surface area contributed by atoms with E-state index >= 15 is 0 Å². The van der Waals surface area contributed by atoms with E-state index in [1.807, 2.05) is 36.7 Å². The van der Waals surface area contributed by atoms with E-state index in [9.17, 15) is 0 Å². The second-order valence-corrected chi connectivity index (χ2v) is 8.28. The molecule has 0 saturated carbocycles. The minimum atomic E-state index is 0.680. The average Bonchev–Trinajstić information content (AvgIpc) is 2.79. The fourth-order valence-electron chi connectivity index (χ4n) is 3.97. The lowest BCUT2D eigenvalue weighted by Gasteiger charge is -2.36. The molecule has 0 unspecified atom stereocenters. The normalized spacial score (nSPS) is 18.3. The highest BCUT2D eigenvalue weighted by Gasteiger charge is 2.22. The Morgan fingerprint density at radius 1 is 0.733 bits per heavy atom. The third kappa shape index (κ3) is 3.97. The first-order valence-corrected chi connectivity index (χ1v) is 10.7. The molecule has 0 aliphatic carbocycles. The van der Waals surface area contributed by atoms with Crippen molar-refractivity contribution in [2.45, 2.75) is 0 Å². The number of hydrogen-bond acceptors (Lipinski definition) is 8. The van der Waals surface area contributed by atoms with Crippen molar-refractivity contribution in [3.8, 4) is 0 Å². The Hall–Kier alpha value is -2.71. The number of nitrogens with zero attached hydrogens (tertiary/aromatic N) is 8. The van der Waals surface area contributed by atoms with Crippen LogP contribution >= 0.6 is 11.6 Å². The number of halogens is 1. The summed E-state index contributed by atoms with van der Waals surface area (Å²) in [7, 11) is 2.16. The van der Waals surface area contributed by atoms with Crippen LogP contribution in [-0.4, -0.2) is 84.2 Å². The summed E-state index contributed by atoms with van der Waals surface area (Å²) >= 11 is 6.05. The van der Waals surface area contributed by atoms with Gasteiger partial charge in [0.15, 0.2) is 0 Å². The van der Waals surface area contributed by atoms with Crippen LogP contribution in [-0.2, 0) is 0 Å². The lowest BCUT2D eigenvalue weighted by molar-refractivity contribution is 0.311. The molecule has 9 heteroatoms. The van der Waals surface area contributed by atoms with Gasteiger partial charge in [0.05, 0.1) is 17.2 Å². The third-order valence-corrected chi connectivity index (χ3v) is 6.07. The van der Waals surface area contributed by atoms with Gasteiger partial charge in [-0.3, -0.25) is 4.98 Å². The van der Waals surface area contributed by atoms with E-state index in [4.69, 9.17) is 21.6 Å². The molecule has 2 aliphatic heterocycles. The molecule has 30 heavy (non-hydrogen) atoms.